The molecule has 0 bridgehead atoms. The third-order valence-electron chi connectivity index (χ3n) is 5.24. The maximum absolute atomic E-state index is 12.9. The highest BCUT2D eigenvalue weighted by Crippen LogP contribution is 2.18. The summed E-state index contributed by atoms with van der Waals surface area (Å²) in [5.74, 6) is -1.48. The molecule has 0 atom stereocenters. The van der Waals surface area contributed by atoms with Crippen LogP contribution in [-0.4, -0.2) is 34.6 Å². The van der Waals surface area contributed by atoms with Crippen molar-refractivity contribution in [1.82, 2.24) is 9.55 Å². The first-order valence-electron chi connectivity index (χ1n) is 11.2. The van der Waals surface area contributed by atoms with Crippen LogP contribution in [0.3, 0.4) is 0 Å². The first kappa shape index (κ1) is 25.2. The number of nitrogens with one attached hydrogen (secondary N) is 1. The summed E-state index contributed by atoms with van der Waals surface area (Å²) in [4.78, 5) is 53.5. The molecular formula is C26H28N4O5. The number of carbonyl (C=O) groups is 2. The van der Waals surface area contributed by atoms with Crippen LogP contribution in [0.2, 0.25) is 0 Å². The van der Waals surface area contributed by atoms with E-state index in [2.05, 4.69) is 4.98 Å². The Balaban J connectivity index is 1.79. The number of H-pyrrole nitrogens is 1. The lowest BCUT2D eigenvalue weighted by Gasteiger charge is -2.24. The maximum Gasteiger partial charge on any atom is 0.331 e. The quantitative estimate of drug-likeness (QED) is 0.361. The molecule has 1 amide bonds. The van der Waals surface area contributed by atoms with Gasteiger partial charge in [0.25, 0.3) is 11.5 Å². The molecule has 1 heterocycles. The van der Waals surface area contributed by atoms with Gasteiger partial charge < -0.3 is 15.4 Å². The second kappa shape index (κ2) is 11.6. The first-order valence-corrected chi connectivity index (χ1v) is 11.2. The van der Waals surface area contributed by atoms with E-state index in [4.69, 9.17) is 10.5 Å². The summed E-state index contributed by atoms with van der Waals surface area (Å²) < 4.78 is 6.28. The number of rotatable bonds is 9. The minimum Gasteiger partial charge on any atom is -0.452 e. The SMILES string of the molecule is CCCN(C(=O)COC(=O)/C=C/c1ccc(C)cc1)c1c(N)n(Cc2ccccc2)c(=O)[nH]c1=O. The molecule has 0 unspecified atom stereocenters. The summed E-state index contributed by atoms with van der Waals surface area (Å²) in [6.45, 7) is 3.45. The number of nitrogen functional groups attached to an aromatic ring is 1. The number of aryl methyl sites for hydroxylation is 1. The van der Waals surface area contributed by atoms with Crippen molar-refractivity contribution in [1.29, 1.82) is 0 Å². The van der Waals surface area contributed by atoms with Crippen LogP contribution in [-0.2, 0) is 20.9 Å². The van der Waals surface area contributed by atoms with Crippen molar-refractivity contribution in [2.45, 2.75) is 26.8 Å². The van der Waals surface area contributed by atoms with Gasteiger partial charge in [-0.05, 0) is 30.5 Å². The Kier molecular flexibility index (Phi) is 8.39. The van der Waals surface area contributed by atoms with Gasteiger partial charge in [0, 0.05) is 12.6 Å². The minimum atomic E-state index is -0.788. The molecule has 0 aliphatic rings. The van der Waals surface area contributed by atoms with Crippen LogP contribution in [0.25, 0.3) is 6.08 Å². The van der Waals surface area contributed by atoms with E-state index < -0.39 is 29.7 Å². The van der Waals surface area contributed by atoms with Crippen molar-refractivity contribution < 1.29 is 14.3 Å². The Labute approximate surface area is 202 Å². The molecule has 1 aromatic heterocycles. The molecular weight excluding hydrogens is 448 g/mol. The average molecular weight is 477 g/mol. The average Bonchev–Trinajstić information content (AvgIpc) is 2.84. The lowest BCUT2D eigenvalue weighted by molar-refractivity contribution is -0.142. The van der Waals surface area contributed by atoms with Crippen LogP contribution in [0, 0.1) is 6.92 Å². The number of nitrogens with two attached hydrogens (primary N) is 1. The van der Waals surface area contributed by atoms with E-state index in [0.717, 1.165) is 21.6 Å². The molecule has 0 radical (unpaired) electrons. The molecule has 0 aliphatic carbocycles. The summed E-state index contributed by atoms with van der Waals surface area (Å²) >= 11 is 0. The van der Waals surface area contributed by atoms with Crippen LogP contribution in [0.5, 0.6) is 0 Å². The molecule has 0 aliphatic heterocycles. The molecule has 3 aromatic rings. The van der Waals surface area contributed by atoms with Crippen LogP contribution >= 0.6 is 0 Å². The van der Waals surface area contributed by atoms with Gasteiger partial charge in [-0.1, -0.05) is 67.1 Å². The molecule has 35 heavy (non-hydrogen) atoms. The number of amides is 1. The number of anilines is 2. The topological polar surface area (TPSA) is 127 Å². The Hall–Kier alpha value is -4.40. The predicted octanol–water partition coefficient (Wildman–Crippen LogP) is 2.48. The molecule has 3 N–H and O–H groups in total. The van der Waals surface area contributed by atoms with E-state index in [-0.39, 0.29) is 24.6 Å². The third kappa shape index (κ3) is 6.57. The Morgan fingerprint density at radius 2 is 1.77 bits per heavy atom. The largest absolute Gasteiger partial charge is 0.452 e. The predicted molar refractivity (Wildman–Crippen MR) is 135 cm³/mol. The summed E-state index contributed by atoms with van der Waals surface area (Å²) in [6, 6.07) is 16.6. The monoisotopic (exact) mass is 476 g/mol. The lowest BCUT2D eigenvalue weighted by atomic mass is 10.1. The van der Waals surface area contributed by atoms with Gasteiger partial charge in [-0.3, -0.25) is 19.1 Å². The van der Waals surface area contributed by atoms with Crippen LogP contribution in [0.1, 0.15) is 30.0 Å². The lowest BCUT2D eigenvalue weighted by Crippen LogP contribution is -2.43. The van der Waals surface area contributed by atoms with Crippen LogP contribution in [0.15, 0.2) is 70.3 Å². The van der Waals surface area contributed by atoms with E-state index in [1.807, 2.05) is 68.4 Å². The number of nitrogens with zero attached hydrogens (tertiary/aromatic N) is 2. The normalized spacial score (nSPS) is 10.9. The number of carbonyl (C=O) groups excluding carboxylic acids is 2. The minimum absolute atomic E-state index is 0.113. The van der Waals surface area contributed by atoms with Gasteiger partial charge in [0.05, 0.1) is 6.54 Å². The molecule has 0 fully saturated rings. The molecule has 0 saturated heterocycles. The van der Waals surface area contributed by atoms with E-state index >= 15 is 0 Å². The second-order valence-corrected chi connectivity index (χ2v) is 7.96. The van der Waals surface area contributed by atoms with E-state index in [0.29, 0.717) is 6.42 Å². The van der Waals surface area contributed by atoms with Crippen LogP contribution < -0.4 is 21.9 Å². The Bertz CT molecular complexity index is 1320. The van der Waals surface area contributed by atoms with Crippen molar-refractivity contribution in [3.8, 4) is 0 Å². The van der Waals surface area contributed by atoms with Gasteiger partial charge in [0.15, 0.2) is 12.3 Å². The molecule has 2 aromatic carbocycles. The van der Waals surface area contributed by atoms with E-state index in [1.165, 1.54) is 10.6 Å². The highest BCUT2D eigenvalue weighted by Gasteiger charge is 2.24. The number of aromatic nitrogens is 2. The van der Waals surface area contributed by atoms with Gasteiger partial charge in [0.1, 0.15) is 5.82 Å². The molecule has 182 valence electrons. The Morgan fingerprint density at radius 3 is 2.43 bits per heavy atom. The zero-order chi connectivity index (χ0) is 25.4. The first-order chi connectivity index (χ1) is 16.8. The zero-order valence-electron chi connectivity index (χ0n) is 19.7. The van der Waals surface area contributed by atoms with Gasteiger partial charge in [-0.25, -0.2) is 9.59 Å². The highest BCUT2D eigenvalue weighted by atomic mass is 16.5. The fraction of sp³-hybridized carbons (Fsp3) is 0.231. The number of ether oxygens (including phenoxy) is 1. The summed E-state index contributed by atoms with van der Waals surface area (Å²) in [6.07, 6.45) is 3.31. The van der Waals surface area contributed by atoms with Gasteiger partial charge in [-0.2, -0.15) is 0 Å². The van der Waals surface area contributed by atoms with E-state index in [9.17, 15) is 19.2 Å². The Morgan fingerprint density at radius 1 is 1.09 bits per heavy atom. The van der Waals surface area contributed by atoms with Gasteiger partial charge in [-0.15, -0.1) is 0 Å². The van der Waals surface area contributed by atoms with Crippen molar-refractivity contribution in [2.24, 2.45) is 0 Å². The summed E-state index contributed by atoms with van der Waals surface area (Å²) in [5.41, 5.74) is 7.28. The number of hydrogen-bond acceptors (Lipinski definition) is 6. The standard InChI is InChI=1S/C26H28N4O5/c1-3-15-29(21(31)17-35-22(32)14-13-19-11-9-18(2)10-12-19)23-24(27)30(26(34)28-25(23)33)16-20-7-5-4-6-8-20/h4-14H,3,15-17,27H2,1-2H3,(H,28,33,34)/b14-13+. The summed E-state index contributed by atoms with van der Waals surface area (Å²) in [5, 5.41) is 0. The van der Waals surface area contributed by atoms with Gasteiger partial charge in [0.2, 0.25) is 0 Å². The highest BCUT2D eigenvalue weighted by molar-refractivity contribution is 5.98. The number of aromatic amines is 1. The van der Waals surface area contributed by atoms with Crippen molar-refractivity contribution >= 4 is 29.5 Å². The van der Waals surface area contributed by atoms with E-state index in [1.54, 1.807) is 6.08 Å². The fourth-order valence-corrected chi connectivity index (χ4v) is 3.45. The van der Waals surface area contributed by atoms with Crippen molar-refractivity contribution in [3.05, 3.63) is 98.2 Å². The molecule has 0 saturated carbocycles. The van der Waals surface area contributed by atoms with Crippen LogP contribution in [0.4, 0.5) is 11.5 Å². The number of benzene rings is 2. The third-order valence-corrected chi connectivity index (χ3v) is 5.24. The number of hydrogen-bond donors (Lipinski definition) is 2. The zero-order valence-corrected chi connectivity index (χ0v) is 19.7. The maximum atomic E-state index is 12.9. The summed E-state index contributed by atoms with van der Waals surface area (Å²) in [7, 11) is 0. The smallest absolute Gasteiger partial charge is 0.331 e. The van der Waals surface area contributed by atoms with Gasteiger partial charge >= 0.3 is 11.7 Å². The second-order valence-electron chi connectivity index (χ2n) is 7.96. The van der Waals surface area contributed by atoms with Crippen molar-refractivity contribution in [2.75, 3.05) is 23.8 Å². The molecule has 9 heteroatoms. The van der Waals surface area contributed by atoms with Crippen molar-refractivity contribution in [3.63, 3.8) is 0 Å². The molecule has 0 spiro atoms. The number of esters is 1. The molecule has 9 nitrogen and oxygen atoms in total. The fourth-order valence-electron chi connectivity index (χ4n) is 3.45. The molecule has 3 rings (SSSR count).